The molecule has 3 rings (SSSR count). The van der Waals surface area contributed by atoms with Crippen LogP contribution in [-0.2, 0) is 10.0 Å². The highest BCUT2D eigenvalue weighted by Gasteiger charge is 2.56. The summed E-state index contributed by atoms with van der Waals surface area (Å²) in [6.07, 6.45) is -0.146. The number of nitroso groups, excluding NO2 is 1. The molecule has 1 aliphatic carbocycles. The molecular formula is C19H19F4N3O4S. The van der Waals surface area contributed by atoms with Crippen LogP contribution in [0.5, 0.6) is 0 Å². The van der Waals surface area contributed by atoms with Crippen LogP contribution in [0.25, 0.3) is 0 Å². The van der Waals surface area contributed by atoms with Gasteiger partial charge in [-0.15, -0.1) is 0 Å². The highest BCUT2D eigenvalue weighted by molar-refractivity contribution is 7.94. The molecule has 0 aromatic heterocycles. The molecule has 0 aliphatic heterocycles. The van der Waals surface area contributed by atoms with Gasteiger partial charge in [-0.3, -0.25) is 4.72 Å². The van der Waals surface area contributed by atoms with Crippen LogP contribution >= 0.6 is 0 Å². The van der Waals surface area contributed by atoms with E-state index >= 15 is 0 Å². The Bertz CT molecular complexity index is 1120. The Morgan fingerprint density at radius 3 is 2.32 bits per heavy atom. The number of aliphatic hydroxyl groups is 1. The number of hydrogen-bond acceptors (Lipinski definition) is 6. The fourth-order valence-electron chi connectivity index (χ4n) is 3.20. The monoisotopic (exact) mass is 461 g/mol. The van der Waals surface area contributed by atoms with Gasteiger partial charge in [0.05, 0.1) is 17.0 Å². The molecule has 0 heterocycles. The highest BCUT2D eigenvalue weighted by atomic mass is 32.2. The summed E-state index contributed by atoms with van der Waals surface area (Å²) in [5, 5.41) is 14.0. The highest BCUT2D eigenvalue weighted by Crippen LogP contribution is 2.49. The minimum Gasteiger partial charge on any atom is -0.394 e. The molecule has 1 aliphatic rings. The van der Waals surface area contributed by atoms with Crippen molar-refractivity contribution < 1.29 is 31.1 Å². The normalized spacial score (nSPS) is 15.9. The summed E-state index contributed by atoms with van der Waals surface area (Å²) < 4.78 is 83.2. The zero-order valence-corrected chi connectivity index (χ0v) is 17.1. The van der Waals surface area contributed by atoms with Gasteiger partial charge in [0.2, 0.25) is 10.0 Å². The van der Waals surface area contributed by atoms with Gasteiger partial charge in [-0.1, -0.05) is 11.2 Å². The Morgan fingerprint density at radius 1 is 1.10 bits per heavy atom. The van der Waals surface area contributed by atoms with Gasteiger partial charge in [0.1, 0.15) is 23.2 Å². The summed E-state index contributed by atoms with van der Waals surface area (Å²) >= 11 is 0. The maximum absolute atomic E-state index is 14.5. The van der Waals surface area contributed by atoms with Gasteiger partial charge in [-0.2, -0.15) is 4.91 Å². The molecule has 1 atom stereocenters. The number of rotatable bonds is 9. The molecule has 12 heteroatoms. The quantitative estimate of drug-likeness (QED) is 0.296. The number of aliphatic hydroxyl groups excluding tert-OH is 1. The third kappa shape index (κ3) is 4.49. The first kappa shape index (κ1) is 22.9. The van der Waals surface area contributed by atoms with Gasteiger partial charge < -0.3 is 10.4 Å². The fraction of sp³-hybridized carbons (Fsp3) is 0.368. The van der Waals surface area contributed by atoms with Gasteiger partial charge in [-0.25, -0.2) is 26.0 Å². The summed E-state index contributed by atoms with van der Waals surface area (Å²) in [7, 11) is -4.42. The van der Waals surface area contributed by atoms with Crippen molar-refractivity contribution >= 4 is 27.1 Å². The summed E-state index contributed by atoms with van der Waals surface area (Å²) in [4.78, 5) is 10.8. The molecule has 0 amide bonds. The molecule has 7 nitrogen and oxygen atoms in total. The van der Waals surface area contributed by atoms with E-state index in [1.54, 1.807) is 6.92 Å². The van der Waals surface area contributed by atoms with E-state index in [1.807, 2.05) is 4.72 Å². The molecule has 1 unspecified atom stereocenters. The van der Waals surface area contributed by atoms with E-state index in [4.69, 9.17) is 5.11 Å². The lowest BCUT2D eigenvalue weighted by atomic mass is 10.1. The minimum atomic E-state index is -4.42. The van der Waals surface area contributed by atoms with Crippen LogP contribution in [0.15, 0.2) is 29.4 Å². The van der Waals surface area contributed by atoms with Crippen molar-refractivity contribution in [1.29, 1.82) is 0 Å². The van der Waals surface area contributed by atoms with Crippen molar-refractivity contribution in [1.82, 2.24) is 0 Å². The van der Waals surface area contributed by atoms with Crippen molar-refractivity contribution in [3.8, 4) is 0 Å². The van der Waals surface area contributed by atoms with Crippen LogP contribution in [0.4, 0.5) is 34.6 Å². The number of hydrogen-bond donors (Lipinski definition) is 3. The van der Waals surface area contributed by atoms with Crippen LogP contribution < -0.4 is 10.0 Å². The predicted octanol–water partition coefficient (Wildman–Crippen LogP) is 4.09. The lowest BCUT2D eigenvalue weighted by Crippen LogP contribution is -2.34. The summed E-state index contributed by atoms with van der Waals surface area (Å²) in [5.74, 6) is -5.51. The number of aryl methyl sites for hydroxylation is 1. The Labute approximate surface area is 175 Å². The van der Waals surface area contributed by atoms with Gasteiger partial charge in [0, 0.05) is 6.07 Å². The summed E-state index contributed by atoms with van der Waals surface area (Å²) in [5.41, 5.74) is -1.68. The van der Waals surface area contributed by atoms with Crippen LogP contribution in [0.2, 0.25) is 0 Å². The average Bonchev–Trinajstić information content (AvgIpc) is 3.50. The Kier molecular flexibility index (Phi) is 6.23. The van der Waals surface area contributed by atoms with Crippen LogP contribution in [0, 0.1) is 35.1 Å². The first-order valence-corrected chi connectivity index (χ1v) is 10.7. The Morgan fingerprint density at radius 2 is 1.77 bits per heavy atom. The predicted molar refractivity (Wildman–Crippen MR) is 107 cm³/mol. The smallest absolute Gasteiger partial charge is 0.238 e. The van der Waals surface area contributed by atoms with Gasteiger partial charge in [0.25, 0.3) is 0 Å². The van der Waals surface area contributed by atoms with E-state index in [0.29, 0.717) is 5.56 Å². The van der Waals surface area contributed by atoms with Gasteiger partial charge in [0.15, 0.2) is 17.5 Å². The standard InChI is InChI=1S/C19H19F4N3O4S/c1-10-2-3-15(12(20)6-10)24-18-16(23)13(21)7-14(22)17(18)26-31(29,30)19(4-5-19)8-11(9-27)25-28/h2-3,6-7,11,24,26-27H,4-5,8-9H2,1H3. The molecule has 3 N–H and O–H groups in total. The van der Waals surface area contributed by atoms with E-state index < -0.39 is 62.1 Å². The molecule has 2 aromatic carbocycles. The van der Waals surface area contributed by atoms with Crippen molar-refractivity contribution in [2.24, 2.45) is 5.18 Å². The number of sulfonamides is 1. The number of anilines is 3. The minimum absolute atomic E-state index is 0.0923. The second kappa shape index (κ2) is 8.42. The van der Waals surface area contributed by atoms with E-state index in [1.165, 1.54) is 12.1 Å². The first-order chi connectivity index (χ1) is 14.5. The second-order valence-electron chi connectivity index (χ2n) is 7.45. The van der Waals surface area contributed by atoms with Crippen LogP contribution in [0.1, 0.15) is 24.8 Å². The largest absolute Gasteiger partial charge is 0.394 e. The molecule has 168 valence electrons. The second-order valence-corrected chi connectivity index (χ2v) is 9.52. The van der Waals surface area contributed by atoms with E-state index in [2.05, 4.69) is 10.5 Å². The van der Waals surface area contributed by atoms with Gasteiger partial charge >= 0.3 is 0 Å². The molecule has 0 bridgehead atoms. The average molecular weight is 461 g/mol. The molecule has 1 fully saturated rings. The number of benzene rings is 2. The van der Waals surface area contributed by atoms with Crippen LogP contribution in [-0.4, -0.2) is 30.9 Å². The maximum Gasteiger partial charge on any atom is 0.238 e. The SMILES string of the molecule is Cc1ccc(Nc2c(F)c(F)cc(F)c2NS(=O)(=O)C2(CC(CO)N=O)CC2)c(F)c1. The number of halogens is 4. The molecule has 0 saturated heterocycles. The van der Waals surface area contributed by atoms with Crippen molar-refractivity contribution in [2.45, 2.75) is 37.0 Å². The number of nitrogens with zero attached hydrogens (tertiary/aromatic N) is 1. The van der Waals surface area contributed by atoms with E-state index in [0.717, 1.165) is 6.07 Å². The van der Waals surface area contributed by atoms with Crippen molar-refractivity contribution in [2.75, 3.05) is 16.6 Å². The third-order valence-corrected chi connectivity index (χ3v) is 7.33. The van der Waals surface area contributed by atoms with Crippen molar-refractivity contribution in [3.63, 3.8) is 0 Å². The van der Waals surface area contributed by atoms with Gasteiger partial charge in [-0.05, 0) is 43.9 Å². The van der Waals surface area contributed by atoms with Crippen LogP contribution in [0.3, 0.4) is 0 Å². The lowest BCUT2D eigenvalue weighted by Gasteiger charge is -2.22. The maximum atomic E-state index is 14.5. The molecule has 0 radical (unpaired) electrons. The van der Waals surface area contributed by atoms with E-state index in [-0.39, 0.29) is 31.0 Å². The third-order valence-electron chi connectivity index (χ3n) is 5.14. The Hall–Kier alpha value is -2.73. The van der Waals surface area contributed by atoms with Crippen molar-refractivity contribution in [3.05, 3.63) is 58.0 Å². The molecule has 0 spiro atoms. The molecular weight excluding hydrogens is 442 g/mol. The fourth-order valence-corrected chi connectivity index (χ4v) is 4.93. The number of nitrogens with one attached hydrogen (secondary N) is 2. The molecule has 31 heavy (non-hydrogen) atoms. The lowest BCUT2D eigenvalue weighted by molar-refractivity contribution is 0.257. The summed E-state index contributed by atoms with van der Waals surface area (Å²) in [6, 6.07) is 2.72. The van der Waals surface area contributed by atoms with E-state index in [9.17, 15) is 30.9 Å². The molecule has 1 saturated carbocycles. The topological polar surface area (TPSA) is 108 Å². The Balaban J connectivity index is 2.01. The zero-order chi connectivity index (χ0) is 23.0. The summed E-state index contributed by atoms with van der Waals surface area (Å²) in [6.45, 7) is 0.914. The zero-order valence-electron chi connectivity index (χ0n) is 16.3. The molecule has 2 aromatic rings. The first-order valence-electron chi connectivity index (χ1n) is 9.20.